The molecule has 0 aliphatic heterocycles. The molecule has 0 saturated heterocycles. The predicted octanol–water partition coefficient (Wildman–Crippen LogP) is -0.779. The Morgan fingerprint density at radius 3 is 2.27 bits per heavy atom. The van der Waals surface area contributed by atoms with Gasteiger partial charge in [0.15, 0.2) is 0 Å². The van der Waals surface area contributed by atoms with Crippen molar-refractivity contribution in [3.8, 4) is 0 Å². The van der Waals surface area contributed by atoms with E-state index in [4.69, 9.17) is 14.4 Å². The minimum Gasteiger partial charge on any atom is -0.389 e. The summed E-state index contributed by atoms with van der Waals surface area (Å²) in [4.78, 5) is 25.7. The van der Waals surface area contributed by atoms with Crippen LogP contribution < -0.4 is 5.32 Å². The Kier molecular flexibility index (Phi) is 5.70. The van der Waals surface area contributed by atoms with Gasteiger partial charge in [0.05, 0.1) is 6.17 Å². The van der Waals surface area contributed by atoms with Gasteiger partial charge in [-0.05, 0) is 13.0 Å². The number of unbranched alkanes of at least 4 members (excludes halogenated alkanes) is 2. The number of hydrogen-bond donors (Lipinski definition) is 4. The van der Waals surface area contributed by atoms with Crippen LogP contribution in [0.4, 0.5) is 0 Å². The maximum Gasteiger partial charge on any atom is 0.507 e. The summed E-state index contributed by atoms with van der Waals surface area (Å²) in [6.07, 6.45) is 3.23. The maximum atomic E-state index is 8.56. The fraction of sp³-hybridized carbons (Fsp3) is 1.00. The summed E-state index contributed by atoms with van der Waals surface area (Å²) in [6.45, 7) is 2.84. The lowest BCUT2D eigenvalue weighted by Gasteiger charge is -2.09. The summed E-state index contributed by atoms with van der Waals surface area (Å²) in [5.74, 6) is 0. The molecule has 0 aliphatic rings. The SMILES string of the molecule is CCCCCNC[Si](O)(O)O. The second kappa shape index (κ2) is 5.67. The lowest BCUT2D eigenvalue weighted by molar-refractivity contribution is 0.224. The first-order valence-electron chi connectivity index (χ1n) is 3.94. The molecule has 0 amide bonds. The molecule has 11 heavy (non-hydrogen) atoms. The topological polar surface area (TPSA) is 72.7 Å². The Labute approximate surface area is 68.2 Å². The Bertz CT molecular complexity index is 94.3. The van der Waals surface area contributed by atoms with Gasteiger partial charge < -0.3 is 19.7 Å². The first-order chi connectivity index (χ1) is 5.06. The van der Waals surface area contributed by atoms with Gasteiger partial charge in [-0.25, -0.2) is 0 Å². The third kappa shape index (κ3) is 10.1. The minimum atomic E-state index is -3.83. The van der Waals surface area contributed by atoms with Gasteiger partial charge in [0.25, 0.3) is 0 Å². The van der Waals surface area contributed by atoms with Crippen LogP contribution in [0.5, 0.6) is 0 Å². The van der Waals surface area contributed by atoms with Crippen molar-refractivity contribution in [1.29, 1.82) is 0 Å². The van der Waals surface area contributed by atoms with E-state index in [-0.39, 0.29) is 6.17 Å². The van der Waals surface area contributed by atoms with Gasteiger partial charge in [0, 0.05) is 0 Å². The first-order valence-corrected chi connectivity index (χ1v) is 5.99. The smallest absolute Gasteiger partial charge is 0.389 e. The first kappa shape index (κ1) is 11.1. The van der Waals surface area contributed by atoms with Crippen molar-refractivity contribution < 1.29 is 14.4 Å². The van der Waals surface area contributed by atoms with Gasteiger partial charge in [-0.1, -0.05) is 19.8 Å². The van der Waals surface area contributed by atoms with Crippen LogP contribution in [-0.2, 0) is 0 Å². The van der Waals surface area contributed by atoms with Gasteiger partial charge in [-0.3, -0.25) is 0 Å². The van der Waals surface area contributed by atoms with E-state index in [2.05, 4.69) is 12.2 Å². The van der Waals surface area contributed by atoms with E-state index < -0.39 is 8.80 Å². The summed E-state index contributed by atoms with van der Waals surface area (Å²) < 4.78 is 0. The highest BCUT2D eigenvalue weighted by Crippen LogP contribution is 1.91. The fourth-order valence-corrected chi connectivity index (χ4v) is 1.27. The average Bonchev–Trinajstić information content (AvgIpc) is 1.85. The summed E-state index contributed by atoms with van der Waals surface area (Å²) in [6, 6.07) is 0. The highest BCUT2D eigenvalue weighted by Gasteiger charge is 2.25. The molecule has 0 unspecified atom stereocenters. The second-order valence-electron chi connectivity index (χ2n) is 2.66. The maximum absolute atomic E-state index is 8.56. The Hall–Kier alpha value is 0.0569. The van der Waals surface area contributed by atoms with Crippen LogP contribution in [0.3, 0.4) is 0 Å². The molecule has 68 valence electrons. The lowest BCUT2D eigenvalue weighted by atomic mass is 10.2. The number of nitrogens with one attached hydrogen (secondary N) is 1. The largest absolute Gasteiger partial charge is 0.507 e. The predicted molar refractivity (Wildman–Crippen MR) is 44.8 cm³/mol. The van der Waals surface area contributed by atoms with E-state index in [9.17, 15) is 0 Å². The molecule has 0 radical (unpaired) electrons. The highest BCUT2D eigenvalue weighted by atomic mass is 28.4. The zero-order valence-electron chi connectivity index (χ0n) is 6.88. The monoisotopic (exact) mass is 179 g/mol. The van der Waals surface area contributed by atoms with Gasteiger partial charge in [0.1, 0.15) is 0 Å². The fourth-order valence-electron chi connectivity index (χ4n) is 0.756. The molecule has 0 heterocycles. The number of rotatable bonds is 6. The average molecular weight is 179 g/mol. The van der Waals surface area contributed by atoms with E-state index in [1.807, 2.05) is 0 Å². The molecule has 0 aromatic carbocycles. The Morgan fingerprint density at radius 2 is 1.82 bits per heavy atom. The zero-order valence-corrected chi connectivity index (χ0v) is 7.88. The summed E-state index contributed by atoms with van der Waals surface area (Å²) in [5, 5.41) is 2.77. The van der Waals surface area contributed by atoms with E-state index in [1.54, 1.807) is 0 Å². The molecular formula is C6H17NO3Si. The summed E-state index contributed by atoms with van der Waals surface area (Å²) in [7, 11) is -3.83. The van der Waals surface area contributed by atoms with Crippen LogP contribution in [0.15, 0.2) is 0 Å². The highest BCUT2D eigenvalue weighted by molar-refractivity contribution is 6.56. The standard InChI is InChI=1S/C6H17NO3Si/c1-2-3-4-5-7-6-11(8,9)10/h7-10H,2-6H2,1H3. The molecule has 0 aromatic heterocycles. The van der Waals surface area contributed by atoms with Crippen molar-refractivity contribution in [2.75, 3.05) is 12.7 Å². The Morgan fingerprint density at radius 1 is 1.18 bits per heavy atom. The van der Waals surface area contributed by atoms with E-state index >= 15 is 0 Å². The van der Waals surface area contributed by atoms with Crippen molar-refractivity contribution >= 4 is 8.80 Å². The van der Waals surface area contributed by atoms with Crippen LogP contribution in [0.2, 0.25) is 0 Å². The van der Waals surface area contributed by atoms with Gasteiger partial charge in [-0.15, -0.1) is 0 Å². The molecule has 0 rings (SSSR count). The molecule has 4 N–H and O–H groups in total. The van der Waals surface area contributed by atoms with Crippen molar-refractivity contribution in [2.24, 2.45) is 0 Å². The molecular weight excluding hydrogens is 162 g/mol. The molecule has 0 atom stereocenters. The van der Waals surface area contributed by atoms with E-state index in [0.29, 0.717) is 0 Å². The zero-order chi connectivity index (χ0) is 8.74. The van der Waals surface area contributed by atoms with Gasteiger partial charge in [-0.2, -0.15) is 0 Å². The normalized spacial score (nSPS) is 12.0. The number of hydrogen-bond acceptors (Lipinski definition) is 4. The summed E-state index contributed by atoms with van der Waals surface area (Å²) in [5.41, 5.74) is 0. The van der Waals surface area contributed by atoms with Crippen LogP contribution >= 0.6 is 0 Å². The van der Waals surface area contributed by atoms with Crippen molar-refractivity contribution in [1.82, 2.24) is 5.32 Å². The van der Waals surface area contributed by atoms with Gasteiger partial charge >= 0.3 is 8.80 Å². The third-order valence-electron chi connectivity index (χ3n) is 1.32. The third-order valence-corrected chi connectivity index (χ3v) is 2.04. The van der Waals surface area contributed by atoms with Crippen LogP contribution in [0.1, 0.15) is 26.2 Å². The van der Waals surface area contributed by atoms with Crippen molar-refractivity contribution in [2.45, 2.75) is 26.2 Å². The molecule has 5 heteroatoms. The minimum absolute atomic E-state index is 0.0588. The molecule has 0 saturated carbocycles. The van der Waals surface area contributed by atoms with Crippen LogP contribution in [0, 0.1) is 0 Å². The van der Waals surface area contributed by atoms with Crippen molar-refractivity contribution in [3.63, 3.8) is 0 Å². The molecule has 0 fully saturated rings. The van der Waals surface area contributed by atoms with Crippen molar-refractivity contribution in [3.05, 3.63) is 0 Å². The van der Waals surface area contributed by atoms with Crippen LogP contribution in [-0.4, -0.2) is 35.9 Å². The molecule has 0 aliphatic carbocycles. The lowest BCUT2D eigenvalue weighted by Crippen LogP contribution is -2.46. The summed E-state index contributed by atoms with van der Waals surface area (Å²) >= 11 is 0. The van der Waals surface area contributed by atoms with Crippen LogP contribution in [0.25, 0.3) is 0 Å². The molecule has 0 spiro atoms. The molecule has 0 bridgehead atoms. The second-order valence-corrected chi connectivity index (χ2v) is 4.56. The quantitative estimate of drug-likeness (QED) is 0.319. The Balaban J connectivity index is 3.02. The molecule has 0 aromatic rings. The van der Waals surface area contributed by atoms with E-state index in [1.165, 1.54) is 0 Å². The van der Waals surface area contributed by atoms with E-state index in [0.717, 1.165) is 25.8 Å². The molecule has 4 nitrogen and oxygen atoms in total. The van der Waals surface area contributed by atoms with Gasteiger partial charge in [0.2, 0.25) is 0 Å².